The quantitative estimate of drug-likeness (QED) is 0.252. The van der Waals surface area contributed by atoms with Crippen molar-refractivity contribution in [3.05, 3.63) is 105 Å². The molecule has 0 spiro atoms. The monoisotopic (exact) mass is 631 g/mol. The van der Waals surface area contributed by atoms with Crippen LogP contribution in [0.3, 0.4) is 0 Å². The first kappa shape index (κ1) is 32.1. The van der Waals surface area contributed by atoms with Gasteiger partial charge in [0, 0.05) is 39.3 Å². The van der Waals surface area contributed by atoms with Crippen LogP contribution >= 0.6 is 23.2 Å². The number of carbonyl (C=O) groups is 1. The van der Waals surface area contributed by atoms with Crippen molar-refractivity contribution in [3.63, 3.8) is 0 Å². The Bertz CT molecular complexity index is 1330. The second-order valence-corrected chi connectivity index (χ2v) is 11.0. The number of piperazine rings is 1. The van der Waals surface area contributed by atoms with Gasteiger partial charge in [-0.05, 0) is 53.4 Å². The van der Waals surface area contributed by atoms with E-state index in [2.05, 4.69) is 15.1 Å². The summed E-state index contributed by atoms with van der Waals surface area (Å²) in [6, 6.07) is 16.0. The maximum atomic E-state index is 13.2. The molecule has 0 bridgehead atoms. The number of nitrogens with zero attached hydrogens (tertiary/aromatic N) is 2. The fourth-order valence-corrected chi connectivity index (χ4v) is 5.31. The number of halogens is 8. The number of carbonyl (C=O) groups excluding carboxylic acids is 1. The van der Waals surface area contributed by atoms with Gasteiger partial charge < -0.3 is 10.2 Å². The van der Waals surface area contributed by atoms with Crippen LogP contribution in [0.5, 0.6) is 0 Å². The van der Waals surface area contributed by atoms with Gasteiger partial charge in [0.1, 0.15) is 0 Å². The van der Waals surface area contributed by atoms with Crippen molar-refractivity contribution in [2.75, 3.05) is 39.3 Å². The normalized spacial score (nSPS) is 15.9. The Morgan fingerprint density at radius 2 is 1.40 bits per heavy atom. The van der Waals surface area contributed by atoms with Gasteiger partial charge in [-0.15, -0.1) is 0 Å². The van der Waals surface area contributed by atoms with Crippen molar-refractivity contribution in [3.8, 4) is 0 Å². The third-order valence-electron chi connectivity index (χ3n) is 7.24. The Kier molecular flexibility index (Phi) is 10.5. The van der Waals surface area contributed by atoms with E-state index >= 15 is 0 Å². The van der Waals surface area contributed by atoms with Gasteiger partial charge in [0.25, 0.3) is 0 Å². The van der Waals surface area contributed by atoms with Crippen LogP contribution in [0.15, 0.2) is 66.7 Å². The molecule has 0 saturated carbocycles. The van der Waals surface area contributed by atoms with Crippen molar-refractivity contribution in [1.29, 1.82) is 0 Å². The van der Waals surface area contributed by atoms with Crippen LogP contribution < -0.4 is 5.32 Å². The Morgan fingerprint density at radius 1 is 0.786 bits per heavy atom. The molecule has 0 aromatic heterocycles. The van der Waals surface area contributed by atoms with E-state index in [4.69, 9.17) is 23.2 Å². The maximum Gasteiger partial charge on any atom is 0.416 e. The molecular weight excluding hydrogens is 603 g/mol. The van der Waals surface area contributed by atoms with E-state index in [1.54, 1.807) is 6.07 Å². The van der Waals surface area contributed by atoms with Crippen molar-refractivity contribution >= 4 is 29.1 Å². The van der Waals surface area contributed by atoms with Gasteiger partial charge in [0.15, 0.2) is 0 Å². The topological polar surface area (TPSA) is 35.6 Å². The second kappa shape index (κ2) is 13.7. The zero-order chi connectivity index (χ0) is 30.5. The molecule has 1 unspecified atom stereocenters. The van der Waals surface area contributed by atoms with Crippen LogP contribution in [0.4, 0.5) is 26.3 Å². The summed E-state index contributed by atoms with van der Waals surface area (Å²) in [6.45, 7) is 3.96. The third-order valence-corrected chi connectivity index (χ3v) is 7.98. The molecule has 226 valence electrons. The molecule has 0 aliphatic carbocycles. The molecule has 4 nitrogen and oxygen atoms in total. The fraction of sp³-hybridized carbons (Fsp3) is 0.367. The molecule has 1 N–H and O–H groups in total. The van der Waals surface area contributed by atoms with Crippen LogP contribution in [-0.2, 0) is 30.0 Å². The molecule has 1 atom stereocenters. The second-order valence-electron chi connectivity index (χ2n) is 10.2. The van der Waals surface area contributed by atoms with E-state index in [1.807, 2.05) is 42.5 Å². The average Bonchev–Trinajstić information content (AvgIpc) is 2.94. The van der Waals surface area contributed by atoms with Gasteiger partial charge in [-0.3, -0.25) is 9.69 Å². The van der Waals surface area contributed by atoms with E-state index in [1.165, 1.54) is 0 Å². The van der Waals surface area contributed by atoms with Crippen LogP contribution in [0.1, 0.15) is 33.9 Å². The van der Waals surface area contributed by atoms with Gasteiger partial charge in [-0.25, -0.2) is 0 Å². The first-order chi connectivity index (χ1) is 19.8. The summed E-state index contributed by atoms with van der Waals surface area (Å²) >= 11 is 12.1. The number of hydrogen-bond acceptors (Lipinski definition) is 3. The molecule has 3 aromatic rings. The van der Waals surface area contributed by atoms with E-state index in [-0.39, 0.29) is 24.2 Å². The van der Waals surface area contributed by atoms with Crippen LogP contribution in [-0.4, -0.2) is 55.0 Å². The number of benzene rings is 3. The summed E-state index contributed by atoms with van der Waals surface area (Å²) in [5, 5.41) is 3.75. The van der Waals surface area contributed by atoms with E-state index in [0.717, 1.165) is 37.2 Å². The minimum atomic E-state index is -4.98. The molecule has 1 heterocycles. The van der Waals surface area contributed by atoms with E-state index in [9.17, 15) is 31.1 Å². The molecule has 1 fully saturated rings. The van der Waals surface area contributed by atoms with Gasteiger partial charge in [0.2, 0.25) is 5.91 Å². The highest BCUT2D eigenvalue weighted by molar-refractivity contribution is 6.42. The maximum absolute atomic E-state index is 13.2. The third kappa shape index (κ3) is 8.86. The fourth-order valence-electron chi connectivity index (χ4n) is 4.99. The molecule has 1 saturated heterocycles. The first-order valence-corrected chi connectivity index (χ1v) is 14.1. The smallest absolute Gasteiger partial charge is 0.354 e. The van der Waals surface area contributed by atoms with Crippen LogP contribution in [0, 0.1) is 0 Å². The van der Waals surface area contributed by atoms with Crippen molar-refractivity contribution < 1.29 is 31.1 Å². The highest BCUT2D eigenvalue weighted by Crippen LogP contribution is 2.36. The van der Waals surface area contributed by atoms with Crippen LogP contribution in [0.2, 0.25) is 10.0 Å². The lowest BCUT2D eigenvalue weighted by Gasteiger charge is -2.39. The molecule has 1 aliphatic rings. The molecular formula is C30H29Cl2F6N3O. The summed E-state index contributed by atoms with van der Waals surface area (Å²) in [5.41, 5.74) is -1.22. The Hall–Kier alpha value is -2.79. The number of hydrogen-bond donors (Lipinski definition) is 1. The van der Waals surface area contributed by atoms with Crippen molar-refractivity contribution in [1.82, 2.24) is 15.1 Å². The molecule has 0 radical (unpaired) electrons. The zero-order valence-corrected chi connectivity index (χ0v) is 23.9. The average molecular weight is 632 g/mol. The molecule has 1 aliphatic heterocycles. The summed E-state index contributed by atoms with van der Waals surface area (Å²) in [4.78, 5) is 17.3. The van der Waals surface area contributed by atoms with Gasteiger partial charge in [-0.1, -0.05) is 59.6 Å². The van der Waals surface area contributed by atoms with Crippen molar-refractivity contribution in [2.24, 2.45) is 0 Å². The predicted molar refractivity (Wildman–Crippen MR) is 151 cm³/mol. The summed E-state index contributed by atoms with van der Waals surface area (Å²) in [6.07, 6.45) is -9.76. The van der Waals surface area contributed by atoms with Crippen molar-refractivity contribution in [2.45, 2.75) is 31.2 Å². The van der Waals surface area contributed by atoms with E-state index < -0.39 is 35.8 Å². The number of rotatable bonds is 9. The summed E-state index contributed by atoms with van der Waals surface area (Å²) in [7, 11) is 0. The molecule has 1 amide bonds. The minimum absolute atomic E-state index is 0.0527. The highest BCUT2D eigenvalue weighted by Gasteiger charge is 2.37. The lowest BCUT2D eigenvalue weighted by Crippen LogP contribution is -2.50. The zero-order valence-electron chi connectivity index (χ0n) is 22.4. The first-order valence-electron chi connectivity index (χ1n) is 13.3. The number of alkyl halides is 6. The van der Waals surface area contributed by atoms with Crippen LogP contribution in [0.25, 0.3) is 0 Å². The number of nitrogens with one attached hydrogen (secondary N) is 1. The lowest BCUT2D eigenvalue weighted by atomic mass is 10.0. The standard InChI is InChI=1S/C30H29Cl2F6N3O/c31-25-7-6-20(16-26(25)32)8-9-40-10-12-41(13-11-40)27(22-4-2-1-3-5-22)19-39-28(42)17-21-14-23(29(33,34)35)18-24(15-21)30(36,37)38/h1-7,14-16,18,27H,8-13,17,19H2,(H,39,42). The van der Waals surface area contributed by atoms with Gasteiger partial charge in [0.05, 0.1) is 33.6 Å². The molecule has 12 heteroatoms. The van der Waals surface area contributed by atoms with E-state index in [0.29, 0.717) is 35.3 Å². The number of amides is 1. The predicted octanol–water partition coefficient (Wildman–Crippen LogP) is 7.29. The van der Waals surface area contributed by atoms with Gasteiger partial charge in [-0.2, -0.15) is 26.3 Å². The highest BCUT2D eigenvalue weighted by atomic mass is 35.5. The molecule has 3 aromatic carbocycles. The molecule has 4 rings (SSSR count). The Balaban J connectivity index is 1.38. The lowest BCUT2D eigenvalue weighted by molar-refractivity contribution is -0.143. The van der Waals surface area contributed by atoms with Gasteiger partial charge >= 0.3 is 12.4 Å². The minimum Gasteiger partial charge on any atom is -0.354 e. The Morgan fingerprint density at radius 3 is 1.98 bits per heavy atom. The largest absolute Gasteiger partial charge is 0.416 e. The summed E-state index contributed by atoms with van der Waals surface area (Å²) < 4.78 is 79.4. The SMILES string of the molecule is O=C(Cc1cc(C(F)(F)F)cc(C(F)(F)F)c1)NCC(c1ccccc1)N1CCN(CCc2ccc(Cl)c(Cl)c2)CC1. The Labute approximate surface area is 250 Å². The molecule has 42 heavy (non-hydrogen) atoms. The summed E-state index contributed by atoms with van der Waals surface area (Å²) in [5.74, 6) is -0.663.